The molecule has 80 valence electrons. The molecule has 2 aromatic rings. The molecule has 0 bridgehead atoms. The maximum Gasteiger partial charge on any atom is 0.181 e. The molecule has 1 N–H and O–H groups in total. The van der Waals surface area contributed by atoms with Crippen molar-refractivity contribution >= 4 is 22.9 Å². The molecule has 0 atom stereocenters. The highest BCUT2D eigenvalue weighted by atomic mass is 32.2. The van der Waals surface area contributed by atoms with Crippen LogP contribution in [0.25, 0.3) is 11.2 Å². The van der Waals surface area contributed by atoms with Crippen LogP contribution in [-0.2, 0) is 4.74 Å². The summed E-state index contributed by atoms with van der Waals surface area (Å²) >= 11 is 1.69. The van der Waals surface area contributed by atoms with Gasteiger partial charge < -0.3 is 9.72 Å². The van der Waals surface area contributed by atoms with E-state index in [1.54, 1.807) is 31.5 Å². The standard InChI is InChI=1S/C9H12N4OS/c1-14-3-2-4-15-9-7-8(11-5-10-7)12-6-13-9/h5-6H,2-4H2,1H3,(H,10,11,12,13). The van der Waals surface area contributed by atoms with Gasteiger partial charge in [0.2, 0.25) is 0 Å². The van der Waals surface area contributed by atoms with Crippen LogP contribution in [-0.4, -0.2) is 39.4 Å². The van der Waals surface area contributed by atoms with Gasteiger partial charge in [-0.3, -0.25) is 0 Å². The fourth-order valence-corrected chi connectivity index (χ4v) is 2.10. The van der Waals surface area contributed by atoms with E-state index >= 15 is 0 Å². The molecular weight excluding hydrogens is 212 g/mol. The summed E-state index contributed by atoms with van der Waals surface area (Å²) in [6.07, 6.45) is 4.20. The molecule has 0 spiro atoms. The number of nitrogens with one attached hydrogen (secondary N) is 1. The van der Waals surface area contributed by atoms with Crippen LogP contribution in [0.4, 0.5) is 0 Å². The van der Waals surface area contributed by atoms with Gasteiger partial charge in [-0.2, -0.15) is 0 Å². The first-order valence-corrected chi connectivity index (χ1v) is 5.66. The number of nitrogens with zero attached hydrogens (tertiary/aromatic N) is 3. The van der Waals surface area contributed by atoms with Crippen molar-refractivity contribution in [1.82, 2.24) is 19.9 Å². The van der Waals surface area contributed by atoms with E-state index in [-0.39, 0.29) is 0 Å². The van der Waals surface area contributed by atoms with E-state index < -0.39 is 0 Å². The maximum absolute atomic E-state index is 4.99. The van der Waals surface area contributed by atoms with Gasteiger partial charge >= 0.3 is 0 Å². The first-order valence-electron chi connectivity index (χ1n) is 4.67. The average Bonchev–Trinajstić information content (AvgIpc) is 2.73. The molecule has 15 heavy (non-hydrogen) atoms. The summed E-state index contributed by atoms with van der Waals surface area (Å²) in [5.74, 6) is 0.985. The quantitative estimate of drug-likeness (QED) is 0.473. The third kappa shape index (κ3) is 2.45. The Balaban J connectivity index is 2.04. The number of rotatable bonds is 5. The van der Waals surface area contributed by atoms with Crippen LogP contribution in [0.2, 0.25) is 0 Å². The molecule has 0 unspecified atom stereocenters. The summed E-state index contributed by atoms with van der Waals surface area (Å²) in [5.41, 5.74) is 1.64. The molecule has 0 radical (unpaired) electrons. The highest BCUT2D eigenvalue weighted by Gasteiger charge is 2.05. The van der Waals surface area contributed by atoms with E-state index in [4.69, 9.17) is 4.74 Å². The number of hydrogen-bond donors (Lipinski definition) is 1. The summed E-state index contributed by atoms with van der Waals surface area (Å²) in [4.78, 5) is 15.4. The summed E-state index contributed by atoms with van der Waals surface area (Å²) in [7, 11) is 1.71. The number of thioether (sulfide) groups is 1. The number of methoxy groups -OCH3 is 1. The van der Waals surface area contributed by atoms with Crippen molar-refractivity contribution in [2.24, 2.45) is 0 Å². The lowest BCUT2D eigenvalue weighted by atomic mass is 10.5. The third-order valence-corrected chi connectivity index (χ3v) is 3.00. The van der Waals surface area contributed by atoms with Crippen molar-refractivity contribution < 1.29 is 4.74 Å². The zero-order valence-corrected chi connectivity index (χ0v) is 9.25. The first kappa shape index (κ1) is 10.4. The van der Waals surface area contributed by atoms with Gasteiger partial charge in [0.15, 0.2) is 5.65 Å². The van der Waals surface area contributed by atoms with Gasteiger partial charge in [-0.05, 0) is 6.42 Å². The monoisotopic (exact) mass is 224 g/mol. The van der Waals surface area contributed by atoms with Crippen LogP contribution in [0.1, 0.15) is 6.42 Å². The Morgan fingerprint density at radius 2 is 2.33 bits per heavy atom. The molecule has 0 saturated carbocycles. The number of aromatic nitrogens is 4. The van der Waals surface area contributed by atoms with E-state index in [1.165, 1.54) is 0 Å². The van der Waals surface area contributed by atoms with Gasteiger partial charge in [-0.15, -0.1) is 11.8 Å². The second kappa shape index (κ2) is 5.09. The Morgan fingerprint density at radius 1 is 1.40 bits per heavy atom. The van der Waals surface area contributed by atoms with Crippen LogP contribution in [0.3, 0.4) is 0 Å². The predicted octanol–water partition coefficient (Wildman–Crippen LogP) is 1.48. The van der Waals surface area contributed by atoms with Crippen LogP contribution in [0.5, 0.6) is 0 Å². The molecule has 6 heteroatoms. The Kier molecular flexibility index (Phi) is 3.52. The van der Waals surface area contributed by atoms with E-state index in [2.05, 4.69) is 19.9 Å². The van der Waals surface area contributed by atoms with E-state index in [9.17, 15) is 0 Å². The van der Waals surface area contributed by atoms with Gasteiger partial charge in [0.25, 0.3) is 0 Å². The van der Waals surface area contributed by atoms with Gasteiger partial charge in [0.05, 0.1) is 6.33 Å². The lowest BCUT2D eigenvalue weighted by Gasteiger charge is -2.00. The van der Waals surface area contributed by atoms with Crippen LogP contribution in [0.15, 0.2) is 17.7 Å². The summed E-state index contributed by atoms with van der Waals surface area (Å²) in [5, 5.41) is 0.952. The molecule has 0 fully saturated rings. The highest BCUT2D eigenvalue weighted by Crippen LogP contribution is 2.21. The van der Waals surface area contributed by atoms with E-state index in [0.29, 0.717) is 0 Å². The van der Waals surface area contributed by atoms with Crippen molar-refractivity contribution in [3.05, 3.63) is 12.7 Å². The lowest BCUT2D eigenvalue weighted by Crippen LogP contribution is -1.92. The topological polar surface area (TPSA) is 63.7 Å². The fourth-order valence-electron chi connectivity index (χ4n) is 1.22. The first-order chi connectivity index (χ1) is 7.42. The normalized spacial score (nSPS) is 11.0. The summed E-state index contributed by atoms with van der Waals surface area (Å²) in [6.45, 7) is 0.782. The Hall–Kier alpha value is -1.14. The van der Waals surface area contributed by atoms with Crippen molar-refractivity contribution in [1.29, 1.82) is 0 Å². The smallest absolute Gasteiger partial charge is 0.181 e. The lowest BCUT2D eigenvalue weighted by molar-refractivity contribution is 0.200. The van der Waals surface area contributed by atoms with E-state index in [0.717, 1.165) is 35.0 Å². The second-order valence-corrected chi connectivity index (χ2v) is 4.06. The number of H-pyrrole nitrogens is 1. The molecular formula is C9H12N4OS. The van der Waals surface area contributed by atoms with Crippen molar-refractivity contribution in [3.63, 3.8) is 0 Å². The van der Waals surface area contributed by atoms with Gasteiger partial charge in [0, 0.05) is 19.5 Å². The molecule has 2 rings (SSSR count). The molecule has 2 heterocycles. The number of aromatic amines is 1. The van der Waals surface area contributed by atoms with Crippen LogP contribution < -0.4 is 0 Å². The van der Waals surface area contributed by atoms with Crippen molar-refractivity contribution in [3.8, 4) is 0 Å². The molecule has 0 aromatic carbocycles. The average molecular weight is 224 g/mol. The highest BCUT2D eigenvalue weighted by molar-refractivity contribution is 7.99. The third-order valence-electron chi connectivity index (χ3n) is 1.92. The number of imidazole rings is 1. The largest absolute Gasteiger partial charge is 0.385 e. The SMILES string of the molecule is COCCCSc1ncnc2nc[nH]c12. The van der Waals surface area contributed by atoms with E-state index in [1.807, 2.05) is 0 Å². The Labute approximate surface area is 91.7 Å². The Morgan fingerprint density at radius 3 is 3.20 bits per heavy atom. The molecule has 0 aliphatic heterocycles. The zero-order valence-electron chi connectivity index (χ0n) is 8.43. The maximum atomic E-state index is 4.99. The van der Waals surface area contributed by atoms with Crippen molar-refractivity contribution in [2.45, 2.75) is 11.4 Å². The Bertz CT molecular complexity index is 431. The molecule has 2 aromatic heterocycles. The van der Waals surface area contributed by atoms with Crippen LogP contribution >= 0.6 is 11.8 Å². The van der Waals surface area contributed by atoms with Crippen LogP contribution in [0, 0.1) is 0 Å². The summed E-state index contributed by atoms with van der Waals surface area (Å²) < 4.78 is 4.99. The molecule has 5 nitrogen and oxygen atoms in total. The molecule has 0 aliphatic carbocycles. The van der Waals surface area contributed by atoms with Gasteiger partial charge in [0.1, 0.15) is 16.9 Å². The number of fused-ring (bicyclic) bond motifs is 1. The minimum Gasteiger partial charge on any atom is -0.385 e. The zero-order chi connectivity index (χ0) is 10.5. The molecule has 0 saturated heterocycles. The molecule has 0 aliphatic rings. The van der Waals surface area contributed by atoms with Gasteiger partial charge in [-0.1, -0.05) is 0 Å². The minimum absolute atomic E-state index is 0.722. The number of ether oxygens (including phenoxy) is 1. The summed E-state index contributed by atoms with van der Waals surface area (Å²) in [6, 6.07) is 0. The second-order valence-electron chi connectivity index (χ2n) is 2.97. The van der Waals surface area contributed by atoms with Gasteiger partial charge in [-0.25, -0.2) is 15.0 Å². The fraction of sp³-hybridized carbons (Fsp3) is 0.444. The molecule has 0 amide bonds. The number of hydrogen-bond acceptors (Lipinski definition) is 5. The van der Waals surface area contributed by atoms with Crippen molar-refractivity contribution in [2.75, 3.05) is 19.5 Å². The minimum atomic E-state index is 0.722. The predicted molar refractivity (Wildman–Crippen MR) is 58.9 cm³/mol.